The van der Waals surface area contributed by atoms with Crippen molar-refractivity contribution in [1.82, 2.24) is 9.88 Å². The molecule has 1 saturated carbocycles. The third-order valence-corrected chi connectivity index (χ3v) is 4.09. The normalized spacial score (nSPS) is 14.4. The van der Waals surface area contributed by atoms with Crippen molar-refractivity contribution in [2.45, 2.75) is 25.4 Å². The molecule has 0 aromatic carbocycles. The molecule has 0 unspecified atom stereocenters. The highest BCUT2D eigenvalue weighted by Crippen LogP contribution is 2.30. The lowest BCUT2D eigenvalue weighted by Crippen LogP contribution is -2.33. The molecule has 0 N–H and O–H groups in total. The molecule has 19 heavy (non-hydrogen) atoms. The van der Waals surface area contributed by atoms with E-state index in [1.165, 1.54) is 5.56 Å². The molecule has 98 valence electrons. The van der Waals surface area contributed by atoms with Gasteiger partial charge in [0, 0.05) is 23.8 Å². The number of aromatic nitrogens is 1. The van der Waals surface area contributed by atoms with E-state index < -0.39 is 0 Å². The van der Waals surface area contributed by atoms with Gasteiger partial charge in [-0.15, -0.1) is 0 Å². The minimum absolute atomic E-state index is 0.0313. The second-order valence-corrected chi connectivity index (χ2v) is 5.87. The molecular formula is C14H13ClN2OS. The van der Waals surface area contributed by atoms with E-state index in [-0.39, 0.29) is 5.91 Å². The van der Waals surface area contributed by atoms with Crippen LogP contribution in [-0.4, -0.2) is 21.8 Å². The number of carbonyl (C=O) groups is 1. The predicted octanol–water partition coefficient (Wildman–Crippen LogP) is 3.60. The highest BCUT2D eigenvalue weighted by Gasteiger charge is 2.33. The fraction of sp³-hybridized carbons (Fsp3) is 0.286. The summed E-state index contributed by atoms with van der Waals surface area (Å²) in [4.78, 5) is 18.5. The second-order valence-electron chi connectivity index (χ2n) is 4.66. The topological polar surface area (TPSA) is 33.2 Å². The lowest BCUT2D eigenvalue weighted by Gasteiger charge is -2.21. The summed E-state index contributed by atoms with van der Waals surface area (Å²) in [5, 5.41) is 4.65. The van der Waals surface area contributed by atoms with Crippen LogP contribution in [0.2, 0.25) is 5.02 Å². The Morgan fingerprint density at radius 1 is 1.47 bits per heavy atom. The first-order chi connectivity index (χ1) is 9.24. The molecule has 2 aromatic rings. The van der Waals surface area contributed by atoms with Gasteiger partial charge in [0.05, 0.1) is 0 Å². The van der Waals surface area contributed by atoms with Gasteiger partial charge in [0.25, 0.3) is 5.91 Å². The SMILES string of the molecule is O=C(c1cc(Cl)ccn1)N(Cc1ccsc1)C1CC1. The number of halogens is 1. The van der Waals surface area contributed by atoms with Crippen molar-refractivity contribution in [2.24, 2.45) is 0 Å². The number of rotatable bonds is 4. The van der Waals surface area contributed by atoms with Gasteiger partial charge < -0.3 is 4.90 Å². The summed E-state index contributed by atoms with van der Waals surface area (Å²) in [6.07, 6.45) is 3.73. The van der Waals surface area contributed by atoms with Crippen molar-refractivity contribution in [3.63, 3.8) is 0 Å². The zero-order valence-electron chi connectivity index (χ0n) is 10.3. The minimum Gasteiger partial charge on any atom is -0.330 e. The number of hydrogen-bond acceptors (Lipinski definition) is 3. The molecule has 0 saturated heterocycles. The Kier molecular flexibility index (Phi) is 3.53. The fourth-order valence-electron chi connectivity index (χ4n) is 2.00. The van der Waals surface area contributed by atoms with Crippen LogP contribution in [0.1, 0.15) is 28.9 Å². The molecule has 0 atom stereocenters. The molecule has 1 aliphatic rings. The van der Waals surface area contributed by atoms with Crippen molar-refractivity contribution in [1.29, 1.82) is 0 Å². The van der Waals surface area contributed by atoms with Crippen LogP contribution in [0.25, 0.3) is 0 Å². The van der Waals surface area contributed by atoms with Crippen molar-refractivity contribution >= 4 is 28.8 Å². The molecule has 1 fully saturated rings. The molecule has 1 amide bonds. The Morgan fingerprint density at radius 2 is 2.32 bits per heavy atom. The van der Waals surface area contributed by atoms with Crippen LogP contribution in [0.15, 0.2) is 35.2 Å². The third kappa shape index (κ3) is 2.96. The van der Waals surface area contributed by atoms with Crippen molar-refractivity contribution in [2.75, 3.05) is 0 Å². The summed E-state index contributed by atoms with van der Waals surface area (Å²) < 4.78 is 0. The predicted molar refractivity (Wildman–Crippen MR) is 76.5 cm³/mol. The summed E-state index contributed by atoms with van der Waals surface area (Å²) in [5.41, 5.74) is 1.60. The van der Waals surface area contributed by atoms with E-state index in [1.807, 2.05) is 10.3 Å². The van der Waals surface area contributed by atoms with Gasteiger partial charge in [-0.2, -0.15) is 11.3 Å². The molecule has 5 heteroatoms. The number of pyridine rings is 1. The highest BCUT2D eigenvalue weighted by atomic mass is 35.5. The van der Waals surface area contributed by atoms with Crippen molar-refractivity contribution in [3.8, 4) is 0 Å². The van der Waals surface area contributed by atoms with E-state index in [9.17, 15) is 4.79 Å². The number of thiophene rings is 1. The zero-order chi connectivity index (χ0) is 13.2. The van der Waals surface area contributed by atoms with Crippen LogP contribution < -0.4 is 0 Å². The van der Waals surface area contributed by atoms with Gasteiger partial charge in [-0.25, -0.2) is 0 Å². The Morgan fingerprint density at radius 3 is 2.95 bits per heavy atom. The zero-order valence-corrected chi connectivity index (χ0v) is 11.8. The average Bonchev–Trinajstić information content (AvgIpc) is 3.12. The fourth-order valence-corrected chi connectivity index (χ4v) is 2.82. The molecule has 2 aromatic heterocycles. The van der Waals surface area contributed by atoms with Gasteiger partial charge in [0.1, 0.15) is 5.69 Å². The van der Waals surface area contributed by atoms with Gasteiger partial charge in [0.2, 0.25) is 0 Å². The maximum atomic E-state index is 12.5. The van der Waals surface area contributed by atoms with Crippen molar-refractivity contribution in [3.05, 3.63) is 51.4 Å². The smallest absolute Gasteiger partial charge is 0.273 e. The molecule has 2 heterocycles. The van der Waals surface area contributed by atoms with E-state index in [1.54, 1.807) is 29.7 Å². The molecule has 3 nitrogen and oxygen atoms in total. The summed E-state index contributed by atoms with van der Waals surface area (Å²) >= 11 is 7.57. The summed E-state index contributed by atoms with van der Waals surface area (Å²) in [6, 6.07) is 5.72. The number of amides is 1. The number of carbonyl (C=O) groups excluding carboxylic acids is 1. The van der Waals surface area contributed by atoms with Gasteiger partial charge >= 0.3 is 0 Å². The standard InChI is InChI=1S/C14H13ClN2OS/c15-11-3-5-16-13(7-11)14(18)17(12-1-2-12)8-10-4-6-19-9-10/h3-7,9,12H,1-2,8H2. The second kappa shape index (κ2) is 5.31. The molecule has 0 aliphatic heterocycles. The quantitative estimate of drug-likeness (QED) is 0.862. The molecule has 0 bridgehead atoms. The molecule has 0 radical (unpaired) electrons. The van der Waals surface area contributed by atoms with Gasteiger partial charge in [-0.3, -0.25) is 9.78 Å². The lowest BCUT2D eigenvalue weighted by molar-refractivity contribution is 0.0724. The Bertz CT molecular complexity index is 581. The first-order valence-corrected chi connectivity index (χ1v) is 7.50. The molecule has 3 rings (SSSR count). The van der Waals surface area contributed by atoms with Crippen LogP contribution >= 0.6 is 22.9 Å². The maximum absolute atomic E-state index is 12.5. The van der Waals surface area contributed by atoms with Crippen LogP contribution in [0.5, 0.6) is 0 Å². The Labute approximate surface area is 120 Å². The Balaban J connectivity index is 1.82. The molecular weight excluding hydrogens is 280 g/mol. The van der Waals surface area contributed by atoms with Gasteiger partial charge in [0.15, 0.2) is 0 Å². The van der Waals surface area contributed by atoms with Crippen LogP contribution in [-0.2, 0) is 6.54 Å². The van der Waals surface area contributed by atoms with E-state index in [4.69, 9.17) is 11.6 Å². The number of nitrogens with zero attached hydrogens (tertiary/aromatic N) is 2. The van der Waals surface area contributed by atoms with Gasteiger partial charge in [-0.1, -0.05) is 11.6 Å². The number of hydrogen-bond donors (Lipinski definition) is 0. The van der Waals surface area contributed by atoms with Crippen molar-refractivity contribution < 1.29 is 4.79 Å². The summed E-state index contributed by atoms with van der Waals surface area (Å²) in [7, 11) is 0. The van der Waals surface area contributed by atoms with Gasteiger partial charge in [-0.05, 0) is 47.4 Å². The average molecular weight is 293 g/mol. The van der Waals surface area contributed by atoms with E-state index >= 15 is 0 Å². The molecule has 0 spiro atoms. The van der Waals surface area contributed by atoms with E-state index in [0.717, 1.165) is 12.8 Å². The summed E-state index contributed by atoms with van der Waals surface area (Å²) in [6.45, 7) is 0.654. The monoisotopic (exact) mass is 292 g/mol. The lowest BCUT2D eigenvalue weighted by atomic mass is 10.2. The van der Waals surface area contributed by atoms with E-state index in [2.05, 4.69) is 16.4 Å². The highest BCUT2D eigenvalue weighted by molar-refractivity contribution is 7.07. The summed E-state index contributed by atoms with van der Waals surface area (Å²) in [5.74, 6) is -0.0313. The first-order valence-electron chi connectivity index (χ1n) is 6.17. The third-order valence-electron chi connectivity index (χ3n) is 3.12. The minimum atomic E-state index is -0.0313. The Hall–Kier alpha value is -1.39. The maximum Gasteiger partial charge on any atom is 0.273 e. The molecule has 1 aliphatic carbocycles. The first kappa shape index (κ1) is 12.6. The van der Waals surface area contributed by atoms with Crippen LogP contribution in [0, 0.1) is 0 Å². The largest absolute Gasteiger partial charge is 0.330 e. The van der Waals surface area contributed by atoms with E-state index in [0.29, 0.717) is 23.3 Å². The van der Waals surface area contributed by atoms with Crippen LogP contribution in [0.4, 0.5) is 0 Å². The van der Waals surface area contributed by atoms with Crippen LogP contribution in [0.3, 0.4) is 0 Å².